The Kier molecular flexibility index (Phi) is 2.49. The molecule has 0 spiro atoms. The fourth-order valence-electron chi connectivity index (χ4n) is 1.25. The van der Waals surface area contributed by atoms with Crippen molar-refractivity contribution >= 4 is 22.4 Å². The van der Waals surface area contributed by atoms with Gasteiger partial charge < -0.3 is 10.1 Å². The fourth-order valence-corrected chi connectivity index (χ4v) is 1.75. The van der Waals surface area contributed by atoms with E-state index < -0.39 is 0 Å². The Balaban J connectivity index is 2.02. The van der Waals surface area contributed by atoms with E-state index in [1.165, 1.54) is 11.3 Å². The zero-order chi connectivity index (χ0) is 9.97. The summed E-state index contributed by atoms with van der Waals surface area (Å²) in [5, 5.41) is 5.62. The summed E-state index contributed by atoms with van der Waals surface area (Å²) in [4.78, 5) is 15.2. The molecule has 0 aliphatic carbocycles. The monoisotopic (exact) mass is 210 g/mol. The average Bonchev–Trinajstić information content (AvgIpc) is 2.72. The van der Waals surface area contributed by atoms with Gasteiger partial charge in [-0.25, -0.2) is 9.78 Å². The lowest BCUT2D eigenvalue weighted by atomic mass is 10.2. The minimum absolute atomic E-state index is 0.00755. The number of esters is 1. The molecule has 0 saturated carbocycles. The van der Waals surface area contributed by atoms with Crippen LogP contribution in [0.25, 0.3) is 0 Å². The summed E-state index contributed by atoms with van der Waals surface area (Å²) in [7, 11) is 0. The van der Waals surface area contributed by atoms with Crippen molar-refractivity contribution in [2.75, 3.05) is 5.32 Å². The summed E-state index contributed by atoms with van der Waals surface area (Å²) < 4.78 is 4.98. The van der Waals surface area contributed by atoms with Gasteiger partial charge in [-0.3, -0.25) is 0 Å². The average molecular weight is 210 g/mol. The molecule has 2 rings (SSSR count). The summed E-state index contributed by atoms with van der Waals surface area (Å²) in [6.45, 7) is 1.88. The highest BCUT2D eigenvalue weighted by atomic mass is 32.1. The third-order valence-corrected chi connectivity index (χ3v) is 2.58. The second-order valence-corrected chi connectivity index (χ2v) is 3.97. The number of carbonyl (C=O) groups is 1. The Morgan fingerprint density at radius 3 is 3.21 bits per heavy atom. The molecular formula is C9H10N2O2S. The van der Waals surface area contributed by atoms with E-state index in [-0.39, 0.29) is 12.1 Å². The van der Waals surface area contributed by atoms with Crippen molar-refractivity contribution in [3.05, 3.63) is 23.3 Å². The maximum Gasteiger partial charge on any atom is 0.335 e. The maximum absolute atomic E-state index is 11.2. The van der Waals surface area contributed by atoms with Crippen LogP contribution in [0.2, 0.25) is 0 Å². The third-order valence-electron chi connectivity index (χ3n) is 1.88. The Morgan fingerprint density at radius 1 is 1.79 bits per heavy atom. The topological polar surface area (TPSA) is 51.2 Å². The first-order chi connectivity index (χ1) is 6.75. The molecule has 1 unspecified atom stereocenters. The van der Waals surface area contributed by atoms with Crippen LogP contribution in [0.5, 0.6) is 0 Å². The highest BCUT2D eigenvalue weighted by molar-refractivity contribution is 7.13. The summed E-state index contributed by atoms with van der Waals surface area (Å²) in [5.41, 5.74) is 0.674. The predicted molar refractivity (Wildman–Crippen MR) is 54.0 cm³/mol. The SMILES string of the molecule is CC1C/C(=C\Nc2nccs2)C(=O)O1. The number of hydrogen-bond donors (Lipinski definition) is 1. The van der Waals surface area contributed by atoms with Gasteiger partial charge in [0.1, 0.15) is 6.10 Å². The lowest BCUT2D eigenvalue weighted by Gasteiger charge is -1.94. The summed E-state index contributed by atoms with van der Waals surface area (Å²) >= 11 is 1.49. The van der Waals surface area contributed by atoms with Gasteiger partial charge >= 0.3 is 5.97 Å². The molecule has 1 atom stereocenters. The normalized spacial score (nSPS) is 23.9. The Labute approximate surface area is 85.6 Å². The van der Waals surface area contributed by atoms with Crippen LogP contribution in [-0.4, -0.2) is 17.1 Å². The van der Waals surface area contributed by atoms with Gasteiger partial charge in [0.15, 0.2) is 5.13 Å². The molecule has 74 valence electrons. The Morgan fingerprint density at radius 2 is 2.64 bits per heavy atom. The van der Waals surface area contributed by atoms with Gasteiger partial charge in [0.05, 0.1) is 5.57 Å². The van der Waals surface area contributed by atoms with Crippen LogP contribution in [0.15, 0.2) is 23.3 Å². The van der Waals surface area contributed by atoms with Crippen molar-refractivity contribution in [2.24, 2.45) is 0 Å². The zero-order valence-electron chi connectivity index (χ0n) is 7.69. The number of anilines is 1. The van der Waals surface area contributed by atoms with E-state index >= 15 is 0 Å². The number of ether oxygens (including phenoxy) is 1. The minimum Gasteiger partial charge on any atom is -0.459 e. The number of thiazole rings is 1. The molecule has 0 aromatic carbocycles. The number of nitrogens with one attached hydrogen (secondary N) is 1. The van der Waals surface area contributed by atoms with Gasteiger partial charge in [-0.2, -0.15) is 0 Å². The molecule has 1 aliphatic heterocycles. The molecule has 0 amide bonds. The number of hydrogen-bond acceptors (Lipinski definition) is 5. The predicted octanol–water partition coefficient (Wildman–Crippen LogP) is 1.77. The quantitative estimate of drug-likeness (QED) is 0.597. The molecule has 1 aliphatic rings. The standard InChI is InChI=1S/C9H10N2O2S/c1-6-4-7(8(12)13-6)5-11-9-10-2-3-14-9/h2-3,5-6H,4H2,1H3,(H,10,11)/b7-5+. The van der Waals surface area contributed by atoms with Crippen LogP contribution < -0.4 is 5.32 Å². The van der Waals surface area contributed by atoms with Crippen LogP contribution in [-0.2, 0) is 9.53 Å². The first kappa shape index (κ1) is 9.21. The van der Waals surface area contributed by atoms with E-state index in [2.05, 4.69) is 10.3 Å². The summed E-state index contributed by atoms with van der Waals surface area (Å²) in [6.07, 6.45) is 4.04. The number of rotatable bonds is 2. The molecule has 5 heteroatoms. The largest absolute Gasteiger partial charge is 0.459 e. The summed E-state index contributed by atoms with van der Waals surface area (Å²) in [5.74, 6) is -0.235. The molecular weight excluding hydrogens is 200 g/mol. The van der Waals surface area contributed by atoms with Crippen molar-refractivity contribution in [3.63, 3.8) is 0 Å². The number of nitrogens with zero attached hydrogens (tertiary/aromatic N) is 1. The van der Waals surface area contributed by atoms with Gasteiger partial charge in [0, 0.05) is 24.2 Å². The second-order valence-electron chi connectivity index (χ2n) is 3.07. The molecule has 1 aromatic rings. The number of carbonyl (C=O) groups excluding carboxylic acids is 1. The molecule has 1 saturated heterocycles. The van der Waals surface area contributed by atoms with Crippen LogP contribution in [0.4, 0.5) is 5.13 Å². The number of aromatic nitrogens is 1. The van der Waals surface area contributed by atoms with E-state index in [1.54, 1.807) is 12.4 Å². The highest BCUT2D eigenvalue weighted by Gasteiger charge is 2.25. The van der Waals surface area contributed by atoms with Crippen molar-refractivity contribution < 1.29 is 9.53 Å². The van der Waals surface area contributed by atoms with Crippen LogP contribution in [0.3, 0.4) is 0 Å². The molecule has 1 N–H and O–H groups in total. The van der Waals surface area contributed by atoms with Crippen molar-refractivity contribution in [3.8, 4) is 0 Å². The molecule has 1 aromatic heterocycles. The van der Waals surface area contributed by atoms with E-state index in [9.17, 15) is 4.79 Å². The fraction of sp³-hybridized carbons (Fsp3) is 0.333. The van der Waals surface area contributed by atoms with Gasteiger partial charge in [0.2, 0.25) is 0 Å². The summed E-state index contributed by atoms with van der Waals surface area (Å²) in [6, 6.07) is 0. The van der Waals surface area contributed by atoms with Gasteiger partial charge in [-0.1, -0.05) is 0 Å². The Hall–Kier alpha value is -1.36. The minimum atomic E-state index is -0.235. The van der Waals surface area contributed by atoms with Crippen molar-refractivity contribution in [1.29, 1.82) is 0 Å². The first-order valence-corrected chi connectivity index (χ1v) is 5.20. The molecule has 1 fully saturated rings. The van der Waals surface area contributed by atoms with Crippen LogP contribution in [0, 0.1) is 0 Å². The van der Waals surface area contributed by atoms with E-state index in [1.807, 2.05) is 12.3 Å². The van der Waals surface area contributed by atoms with Gasteiger partial charge in [-0.15, -0.1) is 11.3 Å². The first-order valence-electron chi connectivity index (χ1n) is 4.32. The number of cyclic esters (lactones) is 1. The van der Waals surface area contributed by atoms with E-state index in [0.29, 0.717) is 12.0 Å². The lowest BCUT2D eigenvalue weighted by molar-refractivity contribution is -0.138. The second kappa shape index (κ2) is 3.79. The van der Waals surface area contributed by atoms with Crippen molar-refractivity contribution in [2.45, 2.75) is 19.4 Å². The molecule has 2 heterocycles. The molecule has 14 heavy (non-hydrogen) atoms. The maximum atomic E-state index is 11.2. The van der Waals surface area contributed by atoms with Crippen LogP contribution in [0.1, 0.15) is 13.3 Å². The molecule has 4 nitrogen and oxygen atoms in total. The highest BCUT2D eigenvalue weighted by Crippen LogP contribution is 2.20. The van der Waals surface area contributed by atoms with Crippen LogP contribution >= 0.6 is 11.3 Å². The third kappa shape index (κ3) is 1.93. The smallest absolute Gasteiger partial charge is 0.335 e. The van der Waals surface area contributed by atoms with E-state index in [0.717, 1.165) is 5.13 Å². The van der Waals surface area contributed by atoms with E-state index in [4.69, 9.17) is 4.74 Å². The van der Waals surface area contributed by atoms with Gasteiger partial charge in [-0.05, 0) is 6.92 Å². The molecule has 0 bridgehead atoms. The Bertz CT molecular complexity index is 359. The zero-order valence-corrected chi connectivity index (χ0v) is 8.50. The van der Waals surface area contributed by atoms with Gasteiger partial charge in [0.25, 0.3) is 0 Å². The lowest BCUT2D eigenvalue weighted by Crippen LogP contribution is -2.00. The van der Waals surface area contributed by atoms with Crippen molar-refractivity contribution in [1.82, 2.24) is 4.98 Å². The molecule has 0 radical (unpaired) electrons.